The largest absolute Gasteiger partial charge is 0.416 e. The molecule has 2 aromatic carbocycles. The standard InChI is InChI=1S/C23H20ClF3N2O2/c24-20-9-3-18(4-10-20)6-12-22(31)29-15-13-28(14-16-29)21(30)11-5-17-1-7-19(8-2-17)23(25,26)27/h1-12H,13-16H2/b11-5+,12-6+. The molecule has 2 aromatic rings. The van der Waals surface area contributed by atoms with Crippen molar-refractivity contribution in [3.05, 3.63) is 82.4 Å². The number of rotatable bonds is 4. The third-order valence-electron chi connectivity index (χ3n) is 4.85. The lowest BCUT2D eigenvalue weighted by Gasteiger charge is -2.33. The van der Waals surface area contributed by atoms with Gasteiger partial charge in [-0.2, -0.15) is 13.2 Å². The van der Waals surface area contributed by atoms with Gasteiger partial charge in [0.15, 0.2) is 0 Å². The van der Waals surface area contributed by atoms with Crippen LogP contribution in [0.25, 0.3) is 12.2 Å². The summed E-state index contributed by atoms with van der Waals surface area (Å²) >= 11 is 5.84. The molecule has 1 fully saturated rings. The number of benzene rings is 2. The van der Waals surface area contributed by atoms with Crippen molar-refractivity contribution in [2.24, 2.45) is 0 Å². The maximum absolute atomic E-state index is 12.6. The molecule has 1 saturated heterocycles. The highest BCUT2D eigenvalue weighted by Crippen LogP contribution is 2.29. The number of hydrogen-bond donors (Lipinski definition) is 0. The Kier molecular flexibility index (Phi) is 7.17. The van der Waals surface area contributed by atoms with E-state index >= 15 is 0 Å². The molecule has 1 aliphatic heterocycles. The highest BCUT2D eigenvalue weighted by Gasteiger charge is 2.29. The summed E-state index contributed by atoms with van der Waals surface area (Å²) < 4.78 is 37.8. The van der Waals surface area contributed by atoms with Crippen LogP contribution in [0.1, 0.15) is 16.7 Å². The van der Waals surface area contributed by atoms with Crippen LogP contribution >= 0.6 is 11.6 Å². The van der Waals surface area contributed by atoms with Crippen molar-refractivity contribution in [1.82, 2.24) is 9.80 Å². The minimum atomic E-state index is -4.39. The summed E-state index contributed by atoms with van der Waals surface area (Å²) in [6.45, 7) is 1.58. The van der Waals surface area contributed by atoms with Crippen LogP contribution < -0.4 is 0 Å². The van der Waals surface area contributed by atoms with Crippen molar-refractivity contribution in [2.45, 2.75) is 6.18 Å². The van der Waals surface area contributed by atoms with Gasteiger partial charge in [0.2, 0.25) is 11.8 Å². The van der Waals surface area contributed by atoms with Crippen molar-refractivity contribution in [3.63, 3.8) is 0 Å². The molecule has 0 radical (unpaired) electrons. The molecule has 3 rings (SSSR count). The van der Waals surface area contributed by atoms with Gasteiger partial charge in [0.05, 0.1) is 5.56 Å². The van der Waals surface area contributed by atoms with Crippen LogP contribution in [0, 0.1) is 0 Å². The zero-order valence-corrected chi connectivity index (χ0v) is 17.2. The second-order valence-electron chi connectivity index (χ2n) is 6.99. The zero-order chi connectivity index (χ0) is 22.4. The van der Waals surface area contributed by atoms with E-state index in [4.69, 9.17) is 11.6 Å². The molecule has 0 aromatic heterocycles. The minimum absolute atomic E-state index is 0.137. The molecular weight excluding hydrogens is 429 g/mol. The van der Waals surface area contributed by atoms with Crippen LogP contribution in [-0.2, 0) is 15.8 Å². The molecule has 0 atom stereocenters. The lowest BCUT2D eigenvalue weighted by atomic mass is 10.1. The van der Waals surface area contributed by atoms with Crippen molar-refractivity contribution in [2.75, 3.05) is 26.2 Å². The van der Waals surface area contributed by atoms with Crippen molar-refractivity contribution in [3.8, 4) is 0 Å². The van der Waals surface area contributed by atoms with Gasteiger partial charge < -0.3 is 9.80 Å². The molecule has 0 bridgehead atoms. The molecule has 1 heterocycles. The Balaban J connectivity index is 1.49. The summed E-state index contributed by atoms with van der Waals surface area (Å²) in [6.07, 6.45) is 1.63. The average molecular weight is 449 g/mol. The quantitative estimate of drug-likeness (QED) is 0.633. The van der Waals surface area contributed by atoms with E-state index in [0.717, 1.165) is 17.7 Å². The predicted molar refractivity (Wildman–Crippen MR) is 114 cm³/mol. The van der Waals surface area contributed by atoms with E-state index in [1.807, 2.05) is 12.1 Å². The summed E-state index contributed by atoms with van der Waals surface area (Å²) in [5.74, 6) is -0.383. The summed E-state index contributed by atoms with van der Waals surface area (Å²) in [6, 6.07) is 11.7. The van der Waals surface area contributed by atoms with Gasteiger partial charge >= 0.3 is 6.18 Å². The number of hydrogen-bond acceptors (Lipinski definition) is 2. The first-order chi connectivity index (χ1) is 14.7. The molecule has 162 valence electrons. The van der Waals surface area contributed by atoms with Crippen molar-refractivity contribution < 1.29 is 22.8 Å². The fraction of sp³-hybridized carbons (Fsp3) is 0.217. The van der Waals surface area contributed by atoms with Gasteiger partial charge in [-0.05, 0) is 47.5 Å². The second-order valence-corrected chi connectivity index (χ2v) is 7.42. The number of piperazine rings is 1. The maximum Gasteiger partial charge on any atom is 0.416 e. The average Bonchev–Trinajstić information content (AvgIpc) is 2.76. The first kappa shape index (κ1) is 22.6. The molecule has 0 N–H and O–H groups in total. The Bertz CT molecular complexity index is 975. The Morgan fingerprint density at radius 1 is 0.742 bits per heavy atom. The summed E-state index contributed by atoms with van der Waals surface area (Å²) in [4.78, 5) is 27.9. The lowest BCUT2D eigenvalue weighted by molar-refractivity contribution is -0.137. The molecule has 0 aliphatic carbocycles. The summed E-state index contributed by atoms with van der Waals surface area (Å²) in [7, 11) is 0. The molecule has 0 saturated carbocycles. The van der Waals surface area contributed by atoms with Gasteiger partial charge in [-0.25, -0.2) is 0 Å². The fourth-order valence-corrected chi connectivity index (χ4v) is 3.18. The van der Waals surface area contributed by atoms with Gasteiger partial charge in [0.1, 0.15) is 0 Å². The topological polar surface area (TPSA) is 40.6 Å². The minimum Gasteiger partial charge on any atom is -0.336 e. The number of carbonyl (C=O) groups excluding carboxylic acids is 2. The molecule has 0 unspecified atom stereocenters. The molecule has 2 amide bonds. The first-order valence-electron chi connectivity index (χ1n) is 9.59. The maximum atomic E-state index is 12.6. The monoisotopic (exact) mass is 448 g/mol. The van der Waals surface area contributed by atoms with Gasteiger partial charge in [-0.1, -0.05) is 35.9 Å². The van der Waals surface area contributed by atoms with E-state index in [9.17, 15) is 22.8 Å². The summed E-state index contributed by atoms with van der Waals surface area (Å²) in [5, 5.41) is 0.622. The van der Waals surface area contributed by atoms with Gasteiger partial charge in [-0.15, -0.1) is 0 Å². The third kappa shape index (κ3) is 6.46. The van der Waals surface area contributed by atoms with Gasteiger partial charge in [-0.3, -0.25) is 9.59 Å². The van der Waals surface area contributed by atoms with E-state index in [1.165, 1.54) is 30.4 Å². The predicted octanol–water partition coefficient (Wildman–Crippen LogP) is 4.76. The molecule has 1 aliphatic rings. The Labute approximate surface area is 183 Å². The number of amides is 2. The van der Waals surface area contributed by atoms with Crippen LogP contribution in [0.2, 0.25) is 5.02 Å². The van der Waals surface area contributed by atoms with E-state index < -0.39 is 11.7 Å². The van der Waals surface area contributed by atoms with Crippen LogP contribution in [0.4, 0.5) is 13.2 Å². The third-order valence-corrected chi connectivity index (χ3v) is 5.10. The van der Waals surface area contributed by atoms with Crippen LogP contribution in [-0.4, -0.2) is 47.8 Å². The van der Waals surface area contributed by atoms with Gasteiger partial charge in [0, 0.05) is 43.4 Å². The van der Waals surface area contributed by atoms with E-state index in [-0.39, 0.29) is 11.8 Å². The Hall–Kier alpha value is -3.06. The molecular formula is C23H20ClF3N2O2. The van der Waals surface area contributed by atoms with E-state index in [1.54, 1.807) is 28.0 Å². The summed E-state index contributed by atoms with van der Waals surface area (Å²) in [5.41, 5.74) is 0.629. The highest BCUT2D eigenvalue weighted by atomic mass is 35.5. The number of alkyl halides is 3. The number of carbonyl (C=O) groups is 2. The van der Waals surface area contributed by atoms with Crippen LogP contribution in [0.15, 0.2) is 60.7 Å². The number of nitrogens with zero attached hydrogens (tertiary/aromatic N) is 2. The highest BCUT2D eigenvalue weighted by molar-refractivity contribution is 6.30. The molecule has 31 heavy (non-hydrogen) atoms. The normalized spacial score (nSPS) is 15.1. The zero-order valence-electron chi connectivity index (χ0n) is 16.5. The van der Waals surface area contributed by atoms with E-state index in [2.05, 4.69) is 0 Å². The molecule has 8 heteroatoms. The van der Waals surface area contributed by atoms with Crippen molar-refractivity contribution in [1.29, 1.82) is 0 Å². The van der Waals surface area contributed by atoms with Crippen molar-refractivity contribution >= 4 is 35.6 Å². The number of halogens is 4. The molecule has 0 spiro atoms. The Morgan fingerprint density at radius 2 is 1.13 bits per heavy atom. The smallest absolute Gasteiger partial charge is 0.336 e. The van der Waals surface area contributed by atoms with E-state index in [0.29, 0.717) is 36.8 Å². The first-order valence-corrected chi connectivity index (χ1v) is 9.97. The molecule has 4 nitrogen and oxygen atoms in total. The van der Waals surface area contributed by atoms with Gasteiger partial charge in [0.25, 0.3) is 0 Å². The van der Waals surface area contributed by atoms with Crippen LogP contribution in [0.3, 0.4) is 0 Å². The SMILES string of the molecule is O=C(/C=C/c1ccc(Cl)cc1)N1CCN(C(=O)/C=C/c2ccc(C(F)(F)F)cc2)CC1. The fourth-order valence-electron chi connectivity index (χ4n) is 3.05. The lowest BCUT2D eigenvalue weighted by Crippen LogP contribution is -2.49. The Morgan fingerprint density at radius 3 is 1.52 bits per heavy atom. The van der Waals surface area contributed by atoms with Crippen LogP contribution in [0.5, 0.6) is 0 Å². The second kappa shape index (κ2) is 9.83.